The summed E-state index contributed by atoms with van der Waals surface area (Å²) in [4.78, 5) is 39.7. The monoisotopic (exact) mass is 406 g/mol. The highest BCUT2D eigenvalue weighted by molar-refractivity contribution is 8.15. The van der Waals surface area contributed by atoms with E-state index in [1.165, 1.54) is 5.56 Å². The number of hydrogen-bond donors (Lipinski definition) is 1. The van der Waals surface area contributed by atoms with Gasteiger partial charge in [-0.25, -0.2) is 0 Å². The summed E-state index contributed by atoms with van der Waals surface area (Å²) in [6.45, 7) is 6.40. The van der Waals surface area contributed by atoms with Crippen molar-refractivity contribution in [3.8, 4) is 0 Å². The molecule has 6 heteroatoms. The number of hydrogen-bond acceptors (Lipinski definition) is 4. The van der Waals surface area contributed by atoms with Crippen molar-refractivity contribution in [2.24, 2.45) is 0 Å². The number of nitrogens with zero attached hydrogens (tertiary/aromatic N) is 1. The fourth-order valence-corrected chi connectivity index (χ4v) is 6.43. The first-order valence-electron chi connectivity index (χ1n) is 9.78. The molecule has 3 amide bonds. The minimum Gasteiger partial charge on any atom is -0.306 e. The van der Waals surface area contributed by atoms with Crippen molar-refractivity contribution in [3.63, 3.8) is 0 Å². The summed E-state index contributed by atoms with van der Waals surface area (Å²) < 4.78 is 0. The molecule has 0 radical (unpaired) electrons. The molecule has 3 heterocycles. The van der Waals surface area contributed by atoms with Gasteiger partial charge in [0.1, 0.15) is 5.25 Å². The van der Waals surface area contributed by atoms with Crippen LogP contribution in [0.25, 0.3) is 0 Å². The summed E-state index contributed by atoms with van der Waals surface area (Å²) in [6.07, 6.45) is 0.766. The molecule has 3 atom stereocenters. The van der Waals surface area contributed by atoms with Crippen LogP contribution in [0.2, 0.25) is 0 Å². The molecule has 5 rings (SSSR count). The van der Waals surface area contributed by atoms with Crippen LogP contribution in [0.4, 0.5) is 10.5 Å². The Labute approximate surface area is 173 Å². The van der Waals surface area contributed by atoms with Crippen molar-refractivity contribution >= 4 is 34.5 Å². The summed E-state index contributed by atoms with van der Waals surface area (Å²) in [6, 6.07) is 16.4. The third-order valence-electron chi connectivity index (χ3n) is 6.53. The quantitative estimate of drug-likeness (QED) is 0.820. The van der Waals surface area contributed by atoms with Crippen LogP contribution in [-0.2, 0) is 15.0 Å². The Morgan fingerprint density at radius 3 is 2.38 bits per heavy atom. The van der Waals surface area contributed by atoms with Crippen LogP contribution in [0.5, 0.6) is 0 Å². The normalized spacial score (nSPS) is 29.8. The predicted octanol–water partition coefficient (Wildman–Crippen LogP) is 3.96. The highest BCUT2D eigenvalue weighted by atomic mass is 32.2. The summed E-state index contributed by atoms with van der Waals surface area (Å²) in [5.41, 5.74) is 3.39. The fraction of sp³-hybridized carbons (Fsp3) is 0.348. The molecule has 3 aliphatic rings. The Morgan fingerprint density at radius 2 is 1.72 bits per heavy atom. The van der Waals surface area contributed by atoms with Crippen LogP contribution < -0.4 is 10.2 Å². The number of rotatable bonds is 2. The second-order valence-electron chi connectivity index (χ2n) is 8.90. The van der Waals surface area contributed by atoms with Crippen LogP contribution >= 0.6 is 11.8 Å². The predicted molar refractivity (Wildman–Crippen MR) is 113 cm³/mol. The largest absolute Gasteiger partial charge is 0.306 e. The van der Waals surface area contributed by atoms with Gasteiger partial charge >= 0.3 is 0 Å². The minimum atomic E-state index is -0.717. The van der Waals surface area contributed by atoms with E-state index in [-0.39, 0.29) is 22.5 Å². The van der Waals surface area contributed by atoms with Crippen molar-refractivity contribution < 1.29 is 14.4 Å². The average molecular weight is 407 g/mol. The molecular weight excluding hydrogens is 384 g/mol. The molecule has 0 aliphatic carbocycles. The van der Waals surface area contributed by atoms with E-state index in [0.717, 1.165) is 35.0 Å². The van der Waals surface area contributed by atoms with Crippen LogP contribution in [0, 0.1) is 0 Å². The topological polar surface area (TPSA) is 66.5 Å². The zero-order valence-electron chi connectivity index (χ0n) is 16.6. The Kier molecular flexibility index (Phi) is 3.78. The van der Waals surface area contributed by atoms with E-state index in [1.807, 2.05) is 35.2 Å². The lowest BCUT2D eigenvalue weighted by Gasteiger charge is -2.50. The highest BCUT2D eigenvalue weighted by Crippen LogP contribution is 2.57. The molecule has 1 N–H and O–H groups in total. The van der Waals surface area contributed by atoms with Crippen molar-refractivity contribution in [1.82, 2.24) is 5.32 Å². The van der Waals surface area contributed by atoms with Gasteiger partial charge in [0.2, 0.25) is 11.8 Å². The van der Waals surface area contributed by atoms with Crippen molar-refractivity contribution in [3.05, 3.63) is 65.2 Å². The van der Waals surface area contributed by atoms with E-state index in [2.05, 4.69) is 44.3 Å². The molecule has 29 heavy (non-hydrogen) atoms. The van der Waals surface area contributed by atoms with Crippen molar-refractivity contribution in [2.45, 2.75) is 49.3 Å². The van der Waals surface area contributed by atoms with Crippen LogP contribution in [0.15, 0.2) is 48.5 Å². The van der Waals surface area contributed by atoms with Gasteiger partial charge in [-0.2, -0.15) is 0 Å². The molecule has 3 unspecified atom stereocenters. The molecular formula is C23H22N2O3S. The van der Waals surface area contributed by atoms with Crippen molar-refractivity contribution in [1.29, 1.82) is 0 Å². The highest BCUT2D eigenvalue weighted by Gasteiger charge is 2.57. The number of carbonyl (C=O) groups excluding carboxylic acids is 3. The third kappa shape index (κ3) is 2.45. The Bertz CT molecular complexity index is 1070. The van der Waals surface area contributed by atoms with Crippen LogP contribution in [0.1, 0.15) is 49.8 Å². The van der Waals surface area contributed by atoms with Gasteiger partial charge in [0.05, 0.1) is 11.6 Å². The summed E-state index contributed by atoms with van der Waals surface area (Å²) in [5, 5.41) is 1.24. The Morgan fingerprint density at radius 1 is 1.00 bits per heavy atom. The maximum Gasteiger partial charge on any atom is 0.286 e. The lowest BCUT2D eigenvalue weighted by molar-refractivity contribution is -0.125. The summed E-state index contributed by atoms with van der Waals surface area (Å²) in [7, 11) is 0. The smallest absolute Gasteiger partial charge is 0.286 e. The minimum absolute atomic E-state index is 0.0880. The van der Waals surface area contributed by atoms with E-state index in [1.54, 1.807) is 0 Å². The molecule has 1 fully saturated rings. The molecule has 2 aromatic carbocycles. The van der Waals surface area contributed by atoms with Gasteiger partial charge in [-0.1, -0.05) is 55.5 Å². The number of benzene rings is 2. The molecule has 148 valence electrons. The molecule has 2 aromatic rings. The van der Waals surface area contributed by atoms with Crippen LogP contribution in [-0.4, -0.2) is 27.8 Å². The van der Waals surface area contributed by atoms with Crippen LogP contribution in [0.3, 0.4) is 0 Å². The number of carbonyl (C=O) groups is 3. The van der Waals surface area contributed by atoms with Gasteiger partial charge in [0, 0.05) is 11.0 Å². The van der Waals surface area contributed by atoms with Gasteiger partial charge in [0.15, 0.2) is 0 Å². The van der Waals surface area contributed by atoms with E-state index >= 15 is 0 Å². The first-order valence-corrected chi connectivity index (χ1v) is 10.7. The zero-order chi connectivity index (χ0) is 20.6. The molecule has 5 nitrogen and oxygen atoms in total. The van der Waals surface area contributed by atoms with E-state index in [4.69, 9.17) is 0 Å². The number of anilines is 1. The van der Waals surface area contributed by atoms with Gasteiger partial charge in [-0.3, -0.25) is 19.7 Å². The number of para-hydroxylation sites is 1. The Balaban J connectivity index is 1.74. The standard InChI is InChI=1S/C23H22N2O3S/c1-22(2)12-23(3,13-8-5-4-6-9-13)15-11-7-10-14-16(20(27)25(22)17(14)15)18-19(26)24-21(28)29-18/h4-11,16,18H,12H2,1-3H3,(H,24,26,28). The number of imide groups is 1. The van der Waals surface area contributed by atoms with Crippen molar-refractivity contribution in [2.75, 3.05) is 4.90 Å². The van der Waals surface area contributed by atoms with Gasteiger partial charge in [-0.15, -0.1) is 0 Å². The van der Waals surface area contributed by atoms with Gasteiger partial charge in [-0.05, 0) is 48.7 Å². The number of amides is 3. The molecule has 0 bridgehead atoms. The lowest BCUT2D eigenvalue weighted by Crippen LogP contribution is -2.55. The van der Waals surface area contributed by atoms with Gasteiger partial charge < -0.3 is 4.90 Å². The molecule has 0 spiro atoms. The zero-order valence-corrected chi connectivity index (χ0v) is 17.4. The molecule has 0 saturated carbocycles. The van der Waals surface area contributed by atoms with Gasteiger partial charge in [0.25, 0.3) is 5.24 Å². The Hall–Kier alpha value is -2.60. The fourth-order valence-electron chi connectivity index (χ4n) is 5.48. The first kappa shape index (κ1) is 18.4. The number of thioether (sulfide) groups is 1. The molecule has 1 saturated heterocycles. The second kappa shape index (κ2) is 5.95. The maximum atomic E-state index is 13.6. The SMILES string of the molecule is CC1(c2ccccc2)CC(C)(C)N2C(=O)C(C3SC(=O)NC3=O)c3cccc1c32. The summed E-state index contributed by atoms with van der Waals surface area (Å²) in [5.74, 6) is -1.10. The van der Waals surface area contributed by atoms with E-state index < -0.39 is 16.7 Å². The van der Waals surface area contributed by atoms with E-state index in [9.17, 15) is 14.4 Å². The maximum absolute atomic E-state index is 13.6. The average Bonchev–Trinajstić information content (AvgIpc) is 3.16. The lowest BCUT2D eigenvalue weighted by atomic mass is 9.65. The first-order chi connectivity index (χ1) is 13.7. The third-order valence-corrected chi connectivity index (χ3v) is 7.59. The second-order valence-corrected chi connectivity index (χ2v) is 10.0. The van der Waals surface area contributed by atoms with E-state index in [0.29, 0.717) is 0 Å². The molecule has 0 aromatic heterocycles. The molecule has 3 aliphatic heterocycles. The summed E-state index contributed by atoms with van der Waals surface area (Å²) >= 11 is 0.926. The number of nitrogens with one attached hydrogen (secondary N) is 1.